The zero-order valence-electron chi connectivity index (χ0n) is 5.46. The summed E-state index contributed by atoms with van der Waals surface area (Å²) in [6.07, 6.45) is -1.75. The van der Waals surface area contributed by atoms with Crippen LogP contribution in [0.4, 0.5) is 4.79 Å². The summed E-state index contributed by atoms with van der Waals surface area (Å²) in [5.41, 5.74) is 0. The van der Waals surface area contributed by atoms with Crippen molar-refractivity contribution < 1.29 is 15.0 Å². The normalized spacial score (nSPS) is 16.3. The lowest BCUT2D eigenvalue weighted by atomic mass is 10.2. The molecule has 3 N–H and O–H groups in total. The van der Waals surface area contributed by atoms with Crippen LogP contribution in [0.15, 0.2) is 0 Å². The van der Waals surface area contributed by atoms with E-state index in [4.69, 9.17) is 10.2 Å². The first-order valence-electron chi connectivity index (χ1n) is 2.71. The Morgan fingerprint density at radius 1 is 1.56 bits per heavy atom. The average molecular weight is 133 g/mol. The van der Waals surface area contributed by atoms with Crippen LogP contribution in [-0.4, -0.2) is 28.5 Å². The Balaban J connectivity index is 3.50. The van der Waals surface area contributed by atoms with E-state index in [2.05, 4.69) is 5.32 Å². The highest BCUT2D eigenvalue weighted by atomic mass is 16.4. The van der Waals surface area contributed by atoms with Crippen molar-refractivity contribution in [2.24, 2.45) is 0 Å². The van der Waals surface area contributed by atoms with Crippen molar-refractivity contribution in [3.05, 3.63) is 0 Å². The van der Waals surface area contributed by atoms with Crippen LogP contribution >= 0.6 is 0 Å². The number of aliphatic hydroxyl groups excluding tert-OH is 1. The number of hydrogen-bond donors (Lipinski definition) is 3. The summed E-state index contributed by atoms with van der Waals surface area (Å²) in [6.45, 7) is 3.12. The van der Waals surface area contributed by atoms with Crippen LogP contribution in [-0.2, 0) is 0 Å². The summed E-state index contributed by atoms with van der Waals surface area (Å²) in [7, 11) is 0. The topological polar surface area (TPSA) is 69.6 Å². The van der Waals surface area contributed by atoms with Gasteiger partial charge in [0, 0.05) is 0 Å². The van der Waals surface area contributed by atoms with Gasteiger partial charge in [-0.2, -0.15) is 0 Å². The largest absolute Gasteiger partial charge is 0.465 e. The van der Waals surface area contributed by atoms with Gasteiger partial charge in [-0.1, -0.05) is 0 Å². The molecule has 4 heteroatoms. The molecule has 0 aliphatic rings. The third kappa shape index (κ3) is 3.78. The van der Waals surface area contributed by atoms with Crippen molar-refractivity contribution >= 4 is 6.09 Å². The third-order valence-electron chi connectivity index (χ3n) is 1.07. The van der Waals surface area contributed by atoms with E-state index in [1.165, 1.54) is 6.92 Å². The minimum Gasteiger partial charge on any atom is -0.465 e. The number of aliphatic hydroxyl groups is 1. The SMILES string of the molecule is CC(O)[C@@H](C)NC(=O)O. The number of carboxylic acid groups (broad SMARTS) is 1. The van der Waals surface area contributed by atoms with Crippen LogP contribution in [0.5, 0.6) is 0 Å². The lowest BCUT2D eigenvalue weighted by Crippen LogP contribution is -2.38. The molecule has 0 bridgehead atoms. The van der Waals surface area contributed by atoms with Gasteiger partial charge in [0.1, 0.15) is 0 Å². The molecule has 0 spiro atoms. The summed E-state index contributed by atoms with van der Waals surface area (Å²) >= 11 is 0. The molecule has 0 radical (unpaired) electrons. The van der Waals surface area contributed by atoms with Gasteiger partial charge >= 0.3 is 6.09 Å². The Hall–Kier alpha value is -0.770. The highest BCUT2D eigenvalue weighted by Crippen LogP contribution is 1.88. The van der Waals surface area contributed by atoms with Gasteiger partial charge in [-0.3, -0.25) is 0 Å². The number of rotatable bonds is 2. The zero-order chi connectivity index (χ0) is 7.44. The Bertz CT molecular complexity index is 102. The van der Waals surface area contributed by atoms with E-state index in [-0.39, 0.29) is 0 Å². The second-order valence-corrected chi connectivity index (χ2v) is 1.98. The van der Waals surface area contributed by atoms with Gasteiger partial charge in [0.05, 0.1) is 12.1 Å². The summed E-state index contributed by atoms with van der Waals surface area (Å²) in [6, 6.07) is -0.400. The molecule has 1 amide bonds. The number of nitrogens with one attached hydrogen (secondary N) is 1. The number of carbonyl (C=O) groups is 1. The Kier molecular flexibility index (Phi) is 3.01. The molecule has 9 heavy (non-hydrogen) atoms. The van der Waals surface area contributed by atoms with Gasteiger partial charge in [-0.05, 0) is 13.8 Å². The summed E-state index contributed by atoms with van der Waals surface area (Å²) < 4.78 is 0. The van der Waals surface area contributed by atoms with Gasteiger partial charge in [0.2, 0.25) is 0 Å². The fraction of sp³-hybridized carbons (Fsp3) is 0.800. The van der Waals surface area contributed by atoms with Crippen LogP contribution < -0.4 is 5.32 Å². The minimum atomic E-state index is -1.11. The molecular formula is C5H11NO3. The van der Waals surface area contributed by atoms with Crippen molar-refractivity contribution in [2.75, 3.05) is 0 Å². The number of amides is 1. The molecule has 0 aromatic rings. The van der Waals surface area contributed by atoms with E-state index in [9.17, 15) is 4.79 Å². The van der Waals surface area contributed by atoms with Crippen molar-refractivity contribution in [3.63, 3.8) is 0 Å². The van der Waals surface area contributed by atoms with E-state index in [0.717, 1.165) is 0 Å². The maximum absolute atomic E-state index is 9.89. The van der Waals surface area contributed by atoms with E-state index in [0.29, 0.717) is 0 Å². The van der Waals surface area contributed by atoms with E-state index >= 15 is 0 Å². The molecule has 1 unspecified atom stereocenters. The predicted octanol–water partition coefficient (Wildman–Crippen LogP) is 0.0233. The van der Waals surface area contributed by atoms with Crippen molar-refractivity contribution in [3.8, 4) is 0 Å². The van der Waals surface area contributed by atoms with E-state index in [1.54, 1.807) is 6.92 Å². The van der Waals surface area contributed by atoms with Gasteiger partial charge in [0.15, 0.2) is 0 Å². The molecule has 0 rings (SSSR count). The average Bonchev–Trinajstić information content (AvgIpc) is 1.63. The lowest BCUT2D eigenvalue weighted by molar-refractivity contribution is 0.140. The summed E-state index contributed by atoms with van der Waals surface area (Å²) in [5, 5.41) is 19.0. The highest BCUT2D eigenvalue weighted by molar-refractivity contribution is 5.64. The Morgan fingerprint density at radius 2 is 2.00 bits per heavy atom. The lowest BCUT2D eigenvalue weighted by Gasteiger charge is -2.13. The highest BCUT2D eigenvalue weighted by Gasteiger charge is 2.09. The first-order valence-corrected chi connectivity index (χ1v) is 2.71. The van der Waals surface area contributed by atoms with Gasteiger partial charge < -0.3 is 15.5 Å². The summed E-state index contributed by atoms with van der Waals surface area (Å²) in [5.74, 6) is 0. The second-order valence-electron chi connectivity index (χ2n) is 1.98. The molecule has 0 aromatic heterocycles. The fourth-order valence-electron chi connectivity index (χ4n) is 0.315. The van der Waals surface area contributed by atoms with E-state index in [1.807, 2.05) is 0 Å². The predicted molar refractivity (Wildman–Crippen MR) is 32.3 cm³/mol. The van der Waals surface area contributed by atoms with Crippen LogP contribution in [0.1, 0.15) is 13.8 Å². The third-order valence-corrected chi connectivity index (χ3v) is 1.07. The smallest absolute Gasteiger partial charge is 0.404 e. The van der Waals surface area contributed by atoms with Gasteiger partial charge in [0.25, 0.3) is 0 Å². The molecular weight excluding hydrogens is 122 g/mol. The summed E-state index contributed by atoms with van der Waals surface area (Å²) in [4.78, 5) is 9.89. The second kappa shape index (κ2) is 3.29. The quantitative estimate of drug-likeness (QED) is 0.497. The van der Waals surface area contributed by atoms with Gasteiger partial charge in [-0.25, -0.2) is 4.79 Å². The van der Waals surface area contributed by atoms with Gasteiger partial charge in [-0.15, -0.1) is 0 Å². The molecule has 0 saturated carbocycles. The zero-order valence-corrected chi connectivity index (χ0v) is 5.46. The Morgan fingerprint density at radius 3 is 2.11 bits per heavy atom. The molecule has 0 aromatic carbocycles. The Labute approximate surface area is 53.5 Å². The molecule has 0 heterocycles. The van der Waals surface area contributed by atoms with E-state index < -0.39 is 18.2 Å². The first-order chi connectivity index (χ1) is 4.04. The van der Waals surface area contributed by atoms with Crippen molar-refractivity contribution in [2.45, 2.75) is 26.0 Å². The molecule has 54 valence electrons. The molecule has 0 saturated heterocycles. The van der Waals surface area contributed by atoms with Crippen LogP contribution in [0.2, 0.25) is 0 Å². The fourth-order valence-corrected chi connectivity index (χ4v) is 0.315. The molecule has 4 nitrogen and oxygen atoms in total. The standard InChI is InChI=1S/C5H11NO3/c1-3(4(2)7)6-5(8)9/h3-4,6-7H,1-2H3,(H,8,9)/t3-,4?/m1/s1. The van der Waals surface area contributed by atoms with Crippen LogP contribution in [0.25, 0.3) is 0 Å². The van der Waals surface area contributed by atoms with Crippen LogP contribution in [0, 0.1) is 0 Å². The maximum Gasteiger partial charge on any atom is 0.404 e. The molecule has 0 aliphatic carbocycles. The minimum absolute atomic E-state index is 0.400. The monoisotopic (exact) mass is 133 g/mol. The van der Waals surface area contributed by atoms with Crippen molar-refractivity contribution in [1.82, 2.24) is 5.32 Å². The maximum atomic E-state index is 9.89. The first kappa shape index (κ1) is 8.23. The molecule has 0 aliphatic heterocycles. The molecule has 2 atom stereocenters. The van der Waals surface area contributed by atoms with Crippen LogP contribution in [0.3, 0.4) is 0 Å². The molecule has 0 fully saturated rings. The number of hydrogen-bond acceptors (Lipinski definition) is 2. The van der Waals surface area contributed by atoms with Crippen molar-refractivity contribution in [1.29, 1.82) is 0 Å².